The van der Waals surface area contributed by atoms with E-state index in [1.165, 1.54) is 24.1 Å². The fourth-order valence-corrected chi connectivity index (χ4v) is 1.92. The van der Waals surface area contributed by atoms with Gasteiger partial charge < -0.3 is 15.6 Å². The van der Waals surface area contributed by atoms with Gasteiger partial charge in [-0.25, -0.2) is 19.7 Å². The zero-order valence-electron chi connectivity index (χ0n) is 12.1. The number of rotatable bonds is 6. The van der Waals surface area contributed by atoms with Gasteiger partial charge in [-0.05, 0) is 13.3 Å². The Morgan fingerprint density at radius 2 is 2.19 bits per heavy atom. The van der Waals surface area contributed by atoms with Crippen LogP contribution in [0.5, 0.6) is 0 Å². The Morgan fingerprint density at radius 1 is 1.43 bits per heavy atom. The van der Waals surface area contributed by atoms with E-state index in [9.17, 15) is 9.90 Å². The predicted octanol–water partition coefficient (Wildman–Crippen LogP) is 0.807. The number of aromatic nitrogens is 4. The fraction of sp³-hybridized carbons (Fsp3) is 0.538. The van der Waals surface area contributed by atoms with Gasteiger partial charge in [0, 0.05) is 0 Å². The number of anilines is 1. The van der Waals surface area contributed by atoms with Crippen LogP contribution in [-0.4, -0.2) is 37.2 Å². The quantitative estimate of drug-likeness (QED) is 0.598. The van der Waals surface area contributed by atoms with Gasteiger partial charge in [-0.3, -0.25) is 4.57 Å². The second kappa shape index (κ2) is 6.04. The number of esters is 1. The van der Waals surface area contributed by atoms with Crippen LogP contribution in [0.4, 0.5) is 5.82 Å². The lowest BCUT2D eigenvalue weighted by Gasteiger charge is -2.22. The molecule has 0 saturated carbocycles. The lowest BCUT2D eigenvalue weighted by atomic mass is 10.2. The van der Waals surface area contributed by atoms with Crippen LogP contribution in [0.3, 0.4) is 0 Å². The molecule has 0 amide bonds. The molecule has 0 aliphatic heterocycles. The smallest absolute Gasteiger partial charge is 0.359 e. The highest BCUT2D eigenvalue weighted by atomic mass is 16.6. The number of nitrogens with two attached hydrogens (primary N) is 1. The second-order valence-electron chi connectivity index (χ2n) is 4.91. The first-order chi connectivity index (χ1) is 9.98. The molecular weight excluding hydrogens is 274 g/mol. The Kier molecular flexibility index (Phi) is 4.37. The van der Waals surface area contributed by atoms with Gasteiger partial charge in [-0.1, -0.05) is 19.8 Å². The minimum atomic E-state index is -1.90. The molecule has 1 atom stereocenters. The van der Waals surface area contributed by atoms with E-state index in [1.807, 2.05) is 0 Å². The number of hydrogen-bond donors (Lipinski definition) is 2. The minimum absolute atomic E-state index is 0.186. The molecule has 0 aliphatic carbocycles. The number of nitrogens with zero attached hydrogens (tertiary/aromatic N) is 4. The highest BCUT2D eigenvalue weighted by molar-refractivity contribution is 5.84. The van der Waals surface area contributed by atoms with Crippen molar-refractivity contribution in [1.82, 2.24) is 19.5 Å². The van der Waals surface area contributed by atoms with Gasteiger partial charge in [-0.2, -0.15) is 0 Å². The first kappa shape index (κ1) is 15.2. The third-order valence-electron chi connectivity index (χ3n) is 3.20. The van der Waals surface area contributed by atoms with Crippen LogP contribution in [0.15, 0.2) is 12.7 Å². The van der Waals surface area contributed by atoms with Gasteiger partial charge in [0.25, 0.3) is 0 Å². The van der Waals surface area contributed by atoms with Crippen LogP contribution in [0.25, 0.3) is 11.2 Å². The molecule has 114 valence electrons. The molecule has 21 heavy (non-hydrogen) atoms. The van der Waals surface area contributed by atoms with Crippen LogP contribution in [-0.2, 0) is 15.3 Å². The van der Waals surface area contributed by atoms with Crippen molar-refractivity contribution in [2.24, 2.45) is 0 Å². The summed E-state index contributed by atoms with van der Waals surface area (Å²) in [5, 5.41) is 10.4. The van der Waals surface area contributed by atoms with Crippen molar-refractivity contribution in [3.8, 4) is 0 Å². The predicted molar refractivity (Wildman–Crippen MR) is 76.1 cm³/mol. The summed E-state index contributed by atoms with van der Waals surface area (Å²) >= 11 is 0. The van der Waals surface area contributed by atoms with Crippen LogP contribution in [0.1, 0.15) is 33.1 Å². The molecule has 0 aliphatic rings. The number of nitrogen functional groups attached to an aromatic ring is 1. The van der Waals surface area contributed by atoms with Crippen molar-refractivity contribution in [1.29, 1.82) is 0 Å². The molecule has 0 fully saturated rings. The Bertz CT molecular complexity index is 638. The fourth-order valence-electron chi connectivity index (χ4n) is 1.92. The molecular formula is C13H19N5O3. The summed E-state index contributed by atoms with van der Waals surface area (Å²) in [6.45, 7) is 3.65. The van der Waals surface area contributed by atoms with E-state index in [-0.39, 0.29) is 18.1 Å². The molecule has 2 heterocycles. The van der Waals surface area contributed by atoms with Crippen LogP contribution in [0, 0.1) is 0 Å². The molecule has 0 saturated heterocycles. The Labute approximate surface area is 122 Å². The van der Waals surface area contributed by atoms with Gasteiger partial charge in [0.15, 0.2) is 11.5 Å². The topological polar surface area (TPSA) is 116 Å². The molecule has 1 unspecified atom stereocenters. The zero-order valence-corrected chi connectivity index (χ0v) is 12.1. The molecule has 0 bridgehead atoms. The van der Waals surface area contributed by atoms with Crippen molar-refractivity contribution in [3.63, 3.8) is 0 Å². The number of imidazole rings is 1. The maximum atomic E-state index is 12.1. The third kappa shape index (κ3) is 2.94. The molecule has 2 rings (SSSR count). The van der Waals surface area contributed by atoms with E-state index in [0.29, 0.717) is 5.52 Å². The van der Waals surface area contributed by atoms with Gasteiger partial charge in [-0.15, -0.1) is 0 Å². The molecule has 3 N–H and O–H groups in total. The lowest BCUT2D eigenvalue weighted by molar-refractivity contribution is -0.174. The van der Waals surface area contributed by atoms with Gasteiger partial charge in [0.2, 0.25) is 5.72 Å². The number of aliphatic hydroxyl groups is 1. The van der Waals surface area contributed by atoms with Gasteiger partial charge in [0.1, 0.15) is 18.2 Å². The van der Waals surface area contributed by atoms with E-state index in [0.717, 1.165) is 19.3 Å². The van der Waals surface area contributed by atoms with Crippen molar-refractivity contribution < 1.29 is 14.6 Å². The second-order valence-corrected chi connectivity index (χ2v) is 4.91. The number of carbonyl (C=O) groups is 1. The minimum Gasteiger partial charge on any atom is -0.462 e. The summed E-state index contributed by atoms with van der Waals surface area (Å²) < 4.78 is 6.32. The maximum Gasteiger partial charge on any atom is 0.359 e. The number of unbranched alkanes of at least 4 members (excludes halogenated alkanes) is 2. The Morgan fingerprint density at radius 3 is 2.90 bits per heavy atom. The normalized spacial score (nSPS) is 14.0. The van der Waals surface area contributed by atoms with E-state index < -0.39 is 11.7 Å². The number of fused-ring (bicyclic) bond motifs is 1. The Balaban J connectivity index is 2.21. The first-order valence-electron chi connectivity index (χ1n) is 6.82. The van der Waals surface area contributed by atoms with Crippen molar-refractivity contribution in [3.05, 3.63) is 12.7 Å². The average molecular weight is 293 g/mol. The molecule has 0 radical (unpaired) electrons. The third-order valence-corrected chi connectivity index (χ3v) is 3.20. The number of ether oxygens (including phenoxy) is 1. The van der Waals surface area contributed by atoms with E-state index in [2.05, 4.69) is 21.9 Å². The number of hydrogen-bond acceptors (Lipinski definition) is 7. The van der Waals surface area contributed by atoms with Crippen LogP contribution in [0.2, 0.25) is 0 Å². The molecule has 2 aromatic rings. The van der Waals surface area contributed by atoms with E-state index >= 15 is 0 Å². The summed E-state index contributed by atoms with van der Waals surface area (Å²) in [5.74, 6) is -0.569. The molecule has 0 aromatic carbocycles. The molecule has 8 nitrogen and oxygen atoms in total. The van der Waals surface area contributed by atoms with Gasteiger partial charge in [0.05, 0.1) is 6.61 Å². The SMILES string of the molecule is CCCCCOC(=O)C(C)(O)n1cnc2c(N)ncnc21. The van der Waals surface area contributed by atoms with E-state index in [4.69, 9.17) is 10.5 Å². The summed E-state index contributed by atoms with van der Waals surface area (Å²) in [4.78, 5) is 23.9. The number of carbonyl (C=O) groups excluding carboxylic acids is 1. The van der Waals surface area contributed by atoms with Crippen molar-refractivity contribution in [2.45, 2.75) is 38.8 Å². The first-order valence-corrected chi connectivity index (χ1v) is 6.82. The molecule has 0 spiro atoms. The highest BCUT2D eigenvalue weighted by Gasteiger charge is 2.36. The summed E-state index contributed by atoms with van der Waals surface area (Å²) in [6.07, 6.45) is 5.29. The van der Waals surface area contributed by atoms with E-state index in [1.54, 1.807) is 0 Å². The van der Waals surface area contributed by atoms with Crippen LogP contribution < -0.4 is 5.73 Å². The largest absolute Gasteiger partial charge is 0.462 e. The summed E-state index contributed by atoms with van der Waals surface area (Å²) in [6, 6.07) is 0. The summed E-state index contributed by atoms with van der Waals surface area (Å²) in [7, 11) is 0. The summed E-state index contributed by atoms with van der Waals surface area (Å²) in [5.41, 5.74) is 4.38. The molecule has 8 heteroatoms. The lowest BCUT2D eigenvalue weighted by Crippen LogP contribution is -2.40. The van der Waals surface area contributed by atoms with Crippen molar-refractivity contribution >= 4 is 23.0 Å². The monoisotopic (exact) mass is 293 g/mol. The molecule has 2 aromatic heterocycles. The maximum absolute atomic E-state index is 12.1. The standard InChI is InChI=1S/C13H19N5O3/c1-3-4-5-6-21-12(19)13(2,20)18-8-17-9-10(14)15-7-16-11(9)18/h7-8,20H,3-6H2,1-2H3,(H2,14,15,16). The van der Waals surface area contributed by atoms with Crippen LogP contribution >= 0.6 is 0 Å². The van der Waals surface area contributed by atoms with Crippen molar-refractivity contribution in [2.75, 3.05) is 12.3 Å². The zero-order chi connectivity index (χ0) is 15.5. The Hall–Kier alpha value is -2.22. The van der Waals surface area contributed by atoms with Gasteiger partial charge >= 0.3 is 5.97 Å². The average Bonchev–Trinajstić information content (AvgIpc) is 2.89. The highest BCUT2D eigenvalue weighted by Crippen LogP contribution is 2.22.